The van der Waals surface area contributed by atoms with Crippen molar-refractivity contribution in [3.05, 3.63) is 48.6 Å². The van der Waals surface area contributed by atoms with Crippen LogP contribution in [0.25, 0.3) is 0 Å². The van der Waals surface area contributed by atoms with E-state index in [-0.39, 0.29) is 19.1 Å². The molecule has 0 aliphatic heterocycles. The molecule has 0 saturated carbocycles. The highest BCUT2D eigenvalue weighted by Gasteiger charge is 2.23. The van der Waals surface area contributed by atoms with Crippen molar-refractivity contribution < 1.29 is 32.9 Å². The first-order valence-corrected chi connectivity index (χ1v) is 39.0. The number of carbonyl (C=O) groups excluding carboxylic acids is 1. The van der Waals surface area contributed by atoms with Gasteiger partial charge in [-0.2, -0.15) is 0 Å². The lowest BCUT2D eigenvalue weighted by molar-refractivity contribution is -0.870. The number of phosphoric ester groups is 1. The zero-order chi connectivity index (χ0) is 61.9. The number of nitrogens with one attached hydrogen (secondary N) is 1. The van der Waals surface area contributed by atoms with Crippen LogP contribution in [-0.2, 0) is 18.4 Å². The Balaban J connectivity index is 4.04. The molecule has 0 aromatic rings. The van der Waals surface area contributed by atoms with Crippen molar-refractivity contribution in [2.75, 3.05) is 40.9 Å². The van der Waals surface area contributed by atoms with Crippen molar-refractivity contribution in [3.8, 4) is 0 Å². The second-order valence-electron chi connectivity index (χ2n) is 27.0. The molecule has 0 aliphatic carbocycles. The highest BCUT2D eigenvalue weighted by molar-refractivity contribution is 7.45. The van der Waals surface area contributed by atoms with Crippen molar-refractivity contribution in [1.82, 2.24) is 5.32 Å². The molecule has 0 spiro atoms. The molecule has 0 bridgehead atoms. The summed E-state index contributed by atoms with van der Waals surface area (Å²) in [5.74, 6) is -0.200. The predicted molar refractivity (Wildman–Crippen MR) is 371 cm³/mol. The summed E-state index contributed by atoms with van der Waals surface area (Å²) in [6.07, 6.45) is 91.2. The number of rotatable bonds is 70. The van der Waals surface area contributed by atoms with Gasteiger partial charge in [-0.15, -0.1) is 0 Å². The van der Waals surface area contributed by atoms with Gasteiger partial charge in [0.1, 0.15) is 13.2 Å². The summed E-state index contributed by atoms with van der Waals surface area (Å²) in [6.45, 7) is 4.68. The lowest BCUT2D eigenvalue weighted by Crippen LogP contribution is -2.45. The van der Waals surface area contributed by atoms with Crippen LogP contribution < -0.4 is 10.2 Å². The molecule has 0 aromatic heterocycles. The zero-order valence-corrected chi connectivity index (χ0v) is 58.5. The normalized spacial score (nSPS) is 13.8. The van der Waals surface area contributed by atoms with Gasteiger partial charge in [0, 0.05) is 6.42 Å². The van der Waals surface area contributed by atoms with E-state index in [2.05, 4.69) is 55.6 Å². The number of hydrogen-bond donors (Lipinski definition) is 2. The van der Waals surface area contributed by atoms with E-state index in [1.165, 1.54) is 315 Å². The van der Waals surface area contributed by atoms with Crippen molar-refractivity contribution in [2.45, 2.75) is 392 Å². The molecule has 2 N–H and O–H groups in total. The van der Waals surface area contributed by atoms with Crippen LogP contribution in [-0.4, -0.2) is 68.5 Å². The van der Waals surface area contributed by atoms with Crippen molar-refractivity contribution in [2.24, 2.45) is 0 Å². The Labute approximate surface area is 530 Å². The van der Waals surface area contributed by atoms with Gasteiger partial charge < -0.3 is 28.8 Å². The van der Waals surface area contributed by atoms with Gasteiger partial charge in [0.15, 0.2) is 0 Å². The molecule has 0 heterocycles. The quantitative estimate of drug-likeness (QED) is 0.0272. The first-order chi connectivity index (χ1) is 41.5. The van der Waals surface area contributed by atoms with Crippen molar-refractivity contribution in [1.29, 1.82) is 0 Å². The van der Waals surface area contributed by atoms with E-state index in [4.69, 9.17) is 9.05 Å². The number of hydrogen-bond acceptors (Lipinski definition) is 6. The summed E-state index contributed by atoms with van der Waals surface area (Å²) in [4.78, 5) is 25.7. The molecule has 502 valence electrons. The molecule has 8 nitrogen and oxygen atoms in total. The number of allylic oxidation sites excluding steroid dienone is 7. The molecule has 0 aliphatic rings. The van der Waals surface area contributed by atoms with E-state index in [0.717, 1.165) is 44.9 Å². The molecular formula is C76H147N2O6P. The van der Waals surface area contributed by atoms with Crippen LogP contribution in [0.1, 0.15) is 380 Å². The van der Waals surface area contributed by atoms with Gasteiger partial charge in [0.2, 0.25) is 5.91 Å². The molecule has 0 aromatic carbocycles. The van der Waals surface area contributed by atoms with Crippen LogP contribution in [0, 0.1) is 0 Å². The Morgan fingerprint density at radius 3 is 1.02 bits per heavy atom. The molecular weight excluding hydrogens is 1070 g/mol. The molecule has 85 heavy (non-hydrogen) atoms. The Hall–Kier alpha value is -1.54. The Morgan fingerprint density at radius 2 is 0.694 bits per heavy atom. The highest BCUT2D eigenvalue weighted by atomic mass is 31.2. The monoisotopic (exact) mass is 1220 g/mol. The van der Waals surface area contributed by atoms with E-state index in [1.807, 2.05) is 27.2 Å². The van der Waals surface area contributed by atoms with E-state index < -0.39 is 20.0 Å². The Bertz CT molecular complexity index is 1530. The van der Waals surface area contributed by atoms with Crippen molar-refractivity contribution in [3.63, 3.8) is 0 Å². The fraction of sp³-hybridized carbons (Fsp3) is 0.882. The predicted octanol–water partition coefficient (Wildman–Crippen LogP) is 23.5. The largest absolute Gasteiger partial charge is 0.756 e. The van der Waals surface area contributed by atoms with E-state index in [9.17, 15) is 19.4 Å². The maximum Gasteiger partial charge on any atom is 0.268 e. The Kier molecular flexibility index (Phi) is 65.7. The van der Waals surface area contributed by atoms with Gasteiger partial charge in [-0.3, -0.25) is 9.36 Å². The molecule has 3 atom stereocenters. The summed E-state index contributed by atoms with van der Waals surface area (Å²) >= 11 is 0. The minimum absolute atomic E-state index is 0.00526. The van der Waals surface area contributed by atoms with Crippen molar-refractivity contribution >= 4 is 13.7 Å². The first-order valence-electron chi connectivity index (χ1n) is 37.5. The number of phosphoric acid groups is 1. The van der Waals surface area contributed by atoms with Crippen LogP contribution in [0.2, 0.25) is 0 Å². The maximum atomic E-state index is 13.1. The van der Waals surface area contributed by atoms with Gasteiger partial charge in [0.25, 0.3) is 7.82 Å². The van der Waals surface area contributed by atoms with E-state index in [1.54, 1.807) is 6.08 Å². The number of unbranched alkanes of at least 4 members (excludes halogenated alkanes) is 51. The summed E-state index contributed by atoms with van der Waals surface area (Å²) in [5, 5.41) is 14.0. The van der Waals surface area contributed by atoms with Gasteiger partial charge in [0.05, 0.1) is 39.9 Å². The number of aliphatic hydroxyl groups excluding tert-OH is 1. The van der Waals surface area contributed by atoms with Crippen LogP contribution in [0.3, 0.4) is 0 Å². The molecule has 9 heteroatoms. The number of amides is 1. The molecule has 3 unspecified atom stereocenters. The van der Waals surface area contributed by atoms with Gasteiger partial charge in [-0.1, -0.05) is 358 Å². The second-order valence-corrected chi connectivity index (χ2v) is 28.4. The number of aliphatic hydroxyl groups is 1. The van der Waals surface area contributed by atoms with Crippen LogP contribution in [0.4, 0.5) is 0 Å². The SMILES string of the molecule is CCCCCCC/C=C\C/C=C\CCCCCCCCCCCCCCCCCCCCCC(=O)NC(COP(=O)([O-])OCC[N+](C)(C)C)C(O)/C=C/CC/C=C/CCCCCCCCCCCCCCCCCCCCCCCCCCCC. The summed E-state index contributed by atoms with van der Waals surface area (Å²) in [5.41, 5.74) is 0. The average molecular weight is 1220 g/mol. The summed E-state index contributed by atoms with van der Waals surface area (Å²) in [6, 6.07) is -0.905. The minimum atomic E-state index is -4.61. The second kappa shape index (κ2) is 66.9. The number of nitrogens with zero attached hydrogens (tertiary/aromatic N) is 1. The molecule has 0 radical (unpaired) electrons. The highest BCUT2D eigenvalue weighted by Crippen LogP contribution is 2.38. The summed E-state index contributed by atoms with van der Waals surface area (Å²) < 4.78 is 23.5. The number of likely N-dealkylation sites (N-methyl/N-ethyl adjacent to an activating group) is 1. The standard InChI is InChI=1S/C76H147N2O6P/c1-6-8-10-12-14-16-18-20-22-24-26-28-30-32-34-36-38-40-41-43-45-47-49-51-53-55-57-59-61-63-65-67-69-75(79)74(73-84-85(81,82)83-72-71-78(3,4)5)77-76(80)70-68-66-64-62-60-58-56-54-52-50-48-46-44-42-39-37-35-33-31-29-27-25-23-21-19-17-15-13-11-9-7-2/h19,21,25,27,59,61,67,69,74-75,79H,6-18,20,22-24,26,28-58,60,62-66,68,70-73H2,1-5H3,(H-,77,80,81,82)/b21-19-,27-25-,61-59+,69-67+. The Morgan fingerprint density at radius 1 is 0.412 bits per heavy atom. The van der Waals surface area contributed by atoms with Crippen LogP contribution in [0.5, 0.6) is 0 Å². The maximum absolute atomic E-state index is 13.1. The minimum Gasteiger partial charge on any atom is -0.756 e. The molecule has 0 fully saturated rings. The van der Waals surface area contributed by atoms with Gasteiger partial charge >= 0.3 is 0 Å². The molecule has 0 saturated heterocycles. The topological polar surface area (TPSA) is 108 Å². The average Bonchev–Trinajstić information content (AvgIpc) is 3.49. The third kappa shape index (κ3) is 69.8. The number of quaternary nitrogens is 1. The fourth-order valence-corrected chi connectivity index (χ4v) is 12.2. The fourth-order valence-electron chi connectivity index (χ4n) is 11.4. The van der Waals surface area contributed by atoms with Crippen LogP contribution >= 0.6 is 7.82 Å². The third-order valence-electron chi connectivity index (χ3n) is 17.3. The zero-order valence-electron chi connectivity index (χ0n) is 57.6. The van der Waals surface area contributed by atoms with Gasteiger partial charge in [-0.05, 0) is 64.2 Å². The molecule has 0 rings (SSSR count). The lowest BCUT2D eigenvalue weighted by Gasteiger charge is -2.29. The van der Waals surface area contributed by atoms with E-state index >= 15 is 0 Å². The first kappa shape index (κ1) is 83.5. The van der Waals surface area contributed by atoms with Gasteiger partial charge in [-0.25, -0.2) is 0 Å². The molecule has 1 amide bonds. The third-order valence-corrected chi connectivity index (χ3v) is 18.2. The van der Waals surface area contributed by atoms with Crippen LogP contribution in [0.15, 0.2) is 48.6 Å². The summed E-state index contributed by atoms with van der Waals surface area (Å²) in [7, 11) is 1.26. The smallest absolute Gasteiger partial charge is 0.268 e. The lowest BCUT2D eigenvalue weighted by atomic mass is 10.0. The van der Waals surface area contributed by atoms with E-state index in [0.29, 0.717) is 17.4 Å². The number of carbonyl (C=O) groups is 1.